The molecule has 1 fully saturated rings. The highest BCUT2D eigenvalue weighted by molar-refractivity contribution is 7.90. The molecule has 2 aliphatic rings. The van der Waals surface area contributed by atoms with Crippen molar-refractivity contribution in [1.82, 2.24) is 4.90 Å². The topological polar surface area (TPSA) is 59.0 Å². The normalized spacial score (nSPS) is 25.0. The molecule has 0 N–H and O–H groups in total. The molecule has 0 aliphatic carbocycles. The van der Waals surface area contributed by atoms with Crippen LogP contribution in [0.3, 0.4) is 0 Å². The molecule has 0 spiro atoms. The van der Waals surface area contributed by atoms with E-state index < -0.39 is 10.0 Å². The summed E-state index contributed by atoms with van der Waals surface area (Å²) in [6.07, 6.45) is 1.06. The summed E-state index contributed by atoms with van der Waals surface area (Å²) in [7, 11) is -3.52. The highest BCUT2D eigenvalue weighted by atomic mass is 32.2. The van der Waals surface area contributed by atoms with Gasteiger partial charge in [0.25, 0.3) is 10.0 Å². The summed E-state index contributed by atoms with van der Waals surface area (Å²) in [5.41, 5.74) is 0.708. The van der Waals surface area contributed by atoms with Gasteiger partial charge in [-0.2, -0.15) is 8.42 Å². The Morgan fingerprint density at radius 1 is 1.42 bits per heavy atom. The van der Waals surface area contributed by atoms with Crippen LogP contribution in [0.25, 0.3) is 0 Å². The van der Waals surface area contributed by atoms with Gasteiger partial charge >= 0.3 is 0 Å². The van der Waals surface area contributed by atoms with Gasteiger partial charge in [-0.25, -0.2) is 0 Å². The van der Waals surface area contributed by atoms with Gasteiger partial charge < -0.3 is 9.64 Å². The van der Waals surface area contributed by atoms with Crippen molar-refractivity contribution in [2.75, 3.05) is 19.7 Å². The molecule has 0 amide bonds. The highest BCUT2D eigenvalue weighted by Crippen LogP contribution is 2.28. The number of ether oxygens (including phenoxy) is 1. The summed E-state index contributed by atoms with van der Waals surface area (Å²) < 4.78 is 33.6. The maximum atomic E-state index is 12.0. The second-order valence-corrected chi connectivity index (χ2v) is 6.31. The molecule has 0 aromatic heterocycles. The number of hydrogen-bond acceptors (Lipinski definition) is 4. The molecule has 0 bridgehead atoms. The molecule has 1 saturated heterocycles. The highest BCUT2D eigenvalue weighted by Gasteiger charge is 2.33. The Balaban J connectivity index is 1.98. The maximum Gasteiger partial charge on any atom is 0.285 e. The van der Waals surface area contributed by atoms with E-state index in [1.807, 2.05) is 17.0 Å². The number of rotatable bonds is 1. The number of fused-ring (bicyclic) bond motifs is 1. The largest absolute Gasteiger partial charge is 0.375 e. The van der Waals surface area contributed by atoms with E-state index >= 15 is 0 Å². The van der Waals surface area contributed by atoms with Gasteiger partial charge in [-0.15, -0.1) is 4.40 Å². The van der Waals surface area contributed by atoms with Gasteiger partial charge in [-0.1, -0.05) is 19.1 Å². The lowest BCUT2D eigenvalue weighted by Crippen LogP contribution is -2.45. The molecule has 2 heterocycles. The predicted octanol–water partition coefficient (Wildman–Crippen LogP) is 1.25. The van der Waals surface area contributed by atoms with E-state index in [0.717, 1.165) is 6.42 Å². The standard InChI is InChI=1S/C13H16N2O3S/c1-2-10-9-15(7-8-18-10)13-11-5-3-4-6-12(11)19(16,17)14-13/h3-6,10H,2,7-9H2,1H3/t10-/m0/s1. The van der Waals surface area contributed by atoms with Gasteiger partial charge in [-0.05, 0) is 18.6 Å². The molecule has 102 valence electrons. The Morgan fingerprint density at radius 2 is 2.21 bits per heavy atom. The Kier molecular flexibility index (Phi) is 3.06. The Hall–Kier alpha value is -1.40. The zero-order chi connectivity index (χ0) is 13.5. The van der Waals surface area contributed by atoms with Crippen molar-refractivity contribution < 1.29 is 13.2 Å². The lowest BCUT2D eigenvalue weighted by atomic mass is 10.1. The lowest BCUT2D eigenvalue weighted by molar-refractivity contribution is -0.00674. The van der Waals surface area contributed by atoms with Crippen LogP contribution in [0.1, 0.15) is 18.9 Å². The van der Waals surface area contributed by atoms with Crippen molar-refractivity contribution in [3.8, 4) is 0 Å². The third kappa shape index (κ3) is 2.15. The summed E-state index contributed by atoms with van der Waals surface area (Å²) in [4.78, 5) is 2.32. The van der Waals surface area contributed by atoms with E-state index in [4.69, 9.17) is 4.74 Å². The summed E-state index contributed by atoms with van der Waals surface area (Å²) in [6, 6.07) is 6.99. The fourth-order valence-corrected chi connectivity index (χ4v) is 3.70. The number of nitrogens with zero attached hydrogens (tertiary/aromatic N) is 2. The molecule has 0 radical (unpaired) electrons. The van der Waals surface area contributed by atoms with E-state index in [-0.39, 0.29) is 6.10 Å². The Bertz CT molecular complexity index is 625. The molecule has 1 aromatic carbocycles. The quantitative estimate of drug-likeness (QED) is 0.776. The lowest BCUT2D eigenvalue weighted by Gasteiger charge is -2.33. The van der Waals surface area contributed by atoms with Gasteiger partial charge in [0.2, 0.25) is 0 Å². The molecular formula is C13H16N2O3S. The van der Waals surface area contributed by atoms with Crippen molar-refractivity contribution in [1.29, 1.82) is 0 Å². The average molecular weight is 280 g/mol. The van der Waals surface area contributed by atoms with Crippen LogP contribution in [0.15, 0.2) is 33.6 Å². The number of morpholine rings is 1. The molecular weight excluding hydrogens is 264 g/mol. The van der Waals surface area contributed by atoms with Crippen molar-refractivity contribution in [3.05, 3.63) is 29.8 Å². The maximum absolute atomic E-state index is 12.0. The monoisotopic (exact) mass is 280 g/mol. The second kappa shape index (κ2) is 4.61. The molecule has 5 nitrogen and oxygen atoms in total. The molecule has 0 saturated carbocycles. The van der Waals surface area contributed by atoms with Crippen molar-refractivity contribution >= 4 is 15.9 Å². The van der Waals surface area contributed by atoms with Gasteiger partial charge in [0.1, 0.15) is 4.90 Å². The fraction of sp³-hybridized carbons (Fsp3) is 0.462. The van der Waals surface area contributed by atoms with Crippen LogP contribution in [0.2, 0.25) is 0 Å². The third-order valence-electron chi connectivity index (χ3n) is 3.51. The van der Waals surface area contributed by atoms with E-state index in [2.05, 4.69) is 11.3 Å². The molecule has 0 unspecified atom stereocenters. The molecule has 1 atom stereocenters. The van der Waals surface area contributed by atoms with Crippen LogP contribution in [-0.4, -0.2) is 45.0 Å². The first-order chi connectivity index (χ1) is 9.12. The zero-order valence-corrected chi connectivity index (χ0v) is 11.6. The molecule has 2 aliphatic heterocycles. The first kappa shape index (κ1) is 12.6. The van der Waals surface area contributed by atoms with E-state index in [9.17, 15) is 8.42 Å². The summed E-state index contributed by atoms with van der Waals surface area (Å²) >= 11 is 0. The Labute approximate surface area is 113 Å². The van der Waals surface area contributed by atoms with Gasteiger partial charge in [0.15, 0.2) is 5.84 Å². The summed E-state index contributed by atoms with van der Waals surface area (Å²) in [5.74, 6) is 0.567. The second-order valence-electron chi connectivity index (χ2n) is 4.73. The predicted molar refractivity (Wildman–Crippen MR) is 71.8 cm³/mol. The third-order valence-corrected chi connectivity index (χ3v) is 4.83. The smallest absolute Gasteiger partial charge is 0.285 e. The van der Waals surface area contributed by atoms with Crippen molar-refractivity contribution in [3.63, 3.8) is 0 Å². The molecule has 1 aromatic rings. The SMILES string of the molecule is CC[C@H]1CN(C2=NS(=O)(=O)c3ccccc32)CCO1. The average Bonchev–Trinajstić information content (AvgIpc) is 2.72. The van der Waals surface area contributed by atoms with Crippen LogP contribution in [-0.2, 0) is 14.8 Å². The van der Waals surface area contributed by atoms with E-state index in [1.165, 1.54) is 0 Å². The summed E-state index contributed by atoms with van der Waals surface area (Å²) in [6.45, 7) is 4.05. The van der Waals surface area contributed by atoms with E-state index in [1.54, 1.807) is 12.1 Å². The van der Waals surface area contributed by atoms with Crippen LogP contribution in [0.4, 0.5) is 0 Å². The van der Waals surface area contributed by atoms with Gasteiger partial charge in [0.05, 0.1) is 12.7 Å². The number of hydrogen-bond donors (Lipinski definition) is 0. The minimum Gasteiger partial charge on any atom is -0.375 e. The minimum atomic E-state index is -3.52. The first-order valence-electron chi connectivity index (χ1n) is 6.43. The van der Waals surface area contributed by atoms with Crippen LogP contribution in [0, 0.1) is 0 Å². The molecule has 3 rings (SSSR count). The van der Waals surface area contributed by atoms with Crippen molar-refractivity contribution in [2.24, 2.45) is 4.40 Å². The van der Waals surface area contributed by atoms with Crippen LogP contribution < -0.4 is 0 Å². The molecule has 19 heavy (non-hydrogen) atoms. The number of benzene rings is 1. The van der Waals surface area contributed by atoms with Crippen LogP contribution >= 0.6 is 0 Å². The fourth-order valence-electron chi connectivity index (χ4n) is 2.48. The van der Waals surface area contributed by atoms with Crippen molar-refractivity contribution in [2.45, 2.75) is 24.3 Å². The number of sulfonamides is 1. The van der Waals surface area contributed by atoms with Crippen LogP contribution in [0.5, 0.6) is 0 Å². The van der Waals surface area contributed by atoms with Gasteiger partial charge in [-0.3, -0.25) is 0 Å². The number of amidine groups is 1. The Morgan fingerprint density at radius 3 is 3.00 bits per heavy atom. The van der Waals surface area contributed by atoms with Gasteiger partial charge in [0, 0.05) is 18.7 Å². The first-order valence-corrected chi connectivity index (χ1v) is 7.87. The molecule has 6 heteroatoms. The summed E-state index contributed by atoms with van der Waals surface area (Å²) in [5, 5.41) is 0. The minimum absolute atomic E-state index is 0.145. The van der Waals surface area contributed by atoms with E-state index in [0.29, 0.717) is 36.0 Å². The zero-order valence-electron chi connectivity index (χ0n) is 10.7.